The molecule has 1 aliphatic carbocycles. The van der Waals surface area contributed by atoms with Crippen molar-refractivity contribution < 1.29 is 14.7 Å². The molecule has 17 heavy (non-hydrogen) atoms. The van der Waals surface area contributed by atoms with Crippen LogP contribution in [0.1, 0.15) is 36.4 Å². The highest BCUT2D eigenvalue weighted by Gasteiger charge is 2.55. The van der Waals surface area contributed by atoms with Crippen LogP contribution in [0.5, 0.6) is 0 Å². The minimum atomic E-state index is -0.896. The van der Waals surface area contributed by atoms with Crippen LogP contribution in [0, 0.1) is 5.41 Å². The topological polar surface area (TPSA) is 66.4 Å². The molecular formula is C13H13NO3. The maximum absolute atomic E-state index is 11.8. The van der Waals surface area contributed by atoms with Crippen LogP contribution in [0.25, 0.3) is 0 Å². The first kappa shape index (κ1) is 10.3. The third-order valence-corrected chi connectivity index (χ3v) is 4.04. The highest BCUT2D eigenvalue weighted by Crippen LogP contribution is 2.52. The number of hydrogen-bond donors (Lipinski definition) is 2. The van der Waals surface area contributed by atoms with E-state index in [0.717, 1.165) is 11.1 Å². The fraction of sp³-hybridized carbons (Fsp3) is 0.385. The van der Waals surface area contributed by atoms with Crippen molar-refractivity contribution in [3.8, 4) is 0 Å². The summed E-state index contributed by atoms with van der Waals surface area (Å²) in [5.74, 6) is -1.22. The number of carboxylic acids is 1. The number of piperidine rings is 1. The van der Waals surface area contributed by atoms with Gasteiger partial charge in [-0.2, -0.15) is 0 Å². The van der Waals surface area contributed by atoms with E-state index in [1.54, 1.807) is 6.92 Å². The molecule has 0 aromatic heterocycles. The summed E-state index contributed by atoms with van der Waals surface area (Å²) in [5.41, 5.74) is 1.04. The molecular weight excluding hydrogens is 218 g/mol. The van der Waals surface area contributed by atoms with E-state index in [-0.39, 0.29) is 11.8 Å². The first-order valence-corrected chi connectivity index (χ1v) is 5.66. The van der Waals surface area contributed by atoms with Gasteiger partial charge in [-0.05, 0) is 24.5 Å². The fourth-order valence-electron chi connectivity index (χ4n) is 3.01. The Morgan fingerprint density at radius 2 is 2.06 bits per heavy atom. The monoisotopic (exact) mass is 231 g/mol. The second-order valence-electron chi connectivity index (χ2n) is 5.05. The number of hydrogen-bond acceptors (Lipinski definition) is 2. The summed E-state index contributed by atoms with van der Waals surface area (Å²) in [6, 6.07) is 7.20. The molecule has 1 saturated heterocycles. The normalized spacial score (nSPS) is 34.1. The number of carbonyl (C=O) groups excluding carboxylic acids is 1. The average Bonchev–Trinajstić information content (AvgIpc) is 2.31. The Morgan fingerprint density at radius 3 is 2.71 bits per heavy atom. The van der Waals surface area contributed by atoms with Crippen molar-refractivity contribution in [3.63, 3.8) is 0 Å². The zero-order valence-corrected chi connectivity index (χ0v) is 9.43. The summed E-state index contributed by atoms with van der Waals surface area (Å²) in [5, 5.41) is 12.2. The van der Waals surface area contributed by atoms with E-state index in [1.165, 1.54) is 0 Å². The average molecular weight is 231 g/mol. The molecule has 4 heteroatoms. The summed E-state index contributed by atoms with van der Waals surface area (Å²) in [6.45, 7) is 1.71. The summed E-state index contributed by atoms with van der Waals surface area (Å²) in [7, 11) is 0. The van der Waals surface area contributed by atoms with E-state index in [9.17, 15) is 14.7 Å². The molecule has 1 aromatic carbocycles. The molecule has 4 rings (SSSR count). The second-order valence-corrected chi connectivity index (χ2v) is 5.05. The standard InChI is InChI=1S/C13H13NO3/c1-13(12(16)17)6-9-7-4-2-3-5-8(7)10(13)14-11(9)15/h2-5,9-10H,6H2,1H3,(H,14,15)(H,16,17). The van der Waals surface area contributed by atoms with Gasteiger partial charge in [-0.1, -0.05) is 24.3 Å². The zero-order valence-electron chi connectivity index (χ0n) is 9.43. The van der Waals surface area contributed by atoms with Crippen molar-refractivity contribution in [3.05, 3.63) is 35.4 Å². The largest absolute Gasteiger partial charge is 0.481 e. The number of carbonyl (C=O) groups is 2. The van der Waals surface area contributed by atoms with Crippen molar-refractivity contribution in [1.82, 2.24) is 5.32 Å². The van der Waals surface area contributed by atoms with Gasteiger partial charge in [0, 0.05) is 0 Å². The minimum absolute atomic E-state index is 0.0487. The Hall–Kier alpha value is -1.84. The highest BCUT2D eigenvalue weighted by molar-refractivity contribution is 5.91. The van der Waals surface area contributed by atoms with Gasteiger partial charge in [-0.25, -0.2) is 0 Å². The van der Waals surface area contributed by atoms with Crippen LogP contribution in [0.15, 0.2) is 24.3 Å². The van der Waals surface area contributed by atoms with Crippen molar-refractivity contribution in [2.45, 2.75) is 25.3 Å². The predicted octanol–water partition coefficient (Wildman–Crippen LogP) is 1.44. The maximum Gasteiger partial charge on any atom is 0.311 e. The summed E-state index contributed by atoms with van der Waals surface area (Å²) in [4.78, 5) is 23.3. The Labute approximate surface area is 98.6 Å². The number of aliphatic carboxylic acids is 1. The molecule has 0 radical (unpaired) electrons. The molecule has 4 nitrogen and oxygen atoms in total. The Bertz CT molecular complexity index is 525. The molecule has 0 saturated carbocycles. The van der Waals surface area contributed by atoms with E-state index >= 15 is 0 Å². The van der Waals surface area contributed by atoms with E-state index < -0.39 is 17.4 Å². The number of nitrogens with one attached hydrogen (secondary N) is 1. The quantitative estimate of drug-likeness (QED) is 0.768. The molecule has 0 spiro atoms. The van der Waals surface area contributed by atoms with Crippen molar-refractivity contribution >= 4 is 11.9 Å². The van der Waals surface area contributed by atoms with Gasteiger partial charge < -0.3 is 10.4 Å². The number of rotatable bonds is 1. The van der Waals surface area contributed by atoms with Crippen LogP contribution in [0.4, 0.5) is 0 Å². The zero-order chi connectivity index (χ0) is 12.2. The van der Waals surface area contributed by atoms with Crippen LogP contribution >= 0.6 is 0 Å². The fourth-order valence-corrected chi connectivity index (χ4v) is 3.01. The third kappa shape index (κ3) is 1.18. The minimum Gasteiger partial charge on any atom is -0.481 e. The van der Waals surface area contributed by atoms with Gasteiger partial charge in [0.05, 0.1) is 17.4 Å². The van der Waals surface area contributed by atoms with E-state index in [0.29, 0.717) is 6.42 Å². The van der Waals surface area contributed by atoms with Crippen molar-refractivity contribution in [2.75, 3.05) is 0 Å². The molecule has 1 aromatic rings. The lowest BCUT2D eigenvalue weighted by molar-refractivity contribution is -0.155. The first-order valence-electron chi connectivity index (χ1n) is 5.66. The molecule has 3 atom stereocenters. The van der Waals surface area contributed by atoms with Crippen LogP contribution in [-0.2, 0) is 9.59 Å². The molecule has 2 aliphatic heterocycles. The van der Waals surface area contributed by atoms with Crippen molar-refractivity contribution in [2.24, 2.45) is 5.41 Å². The van der Waals surface area contributed by atoms with Gasteiger partial charge in [0.15, 0.2) is 0 Å². The Kier molecular flexibility index (Phi) is 1.88. The molecule has 3 unspecified atom stereocenters. The molecule has 2 heterocycles. The smallest absolute Gasteiger partial charge is 0.311 e. The summed E-state index contributed by atoms with van der Waals surface area (Å²) < 4.78 is 0. The number of amides is 1. The Morgan fingerprint density at radius 1 is 1.41 bits per heavy atom. The lowest BCUT2D eigenvalue weighted by Gasteiger charge is -2.48. The van der Waals surface area contributed by atoms with Gasteiger partial charge >= 0.3 is 5.97 Å². The highest BCUT2D eigenvalue weighted by atomic mass is 16.4. The Balaban J connectivity index is 2.20. The lowest BCUT2D eigenvalue weighted by Crippen LogP contribution is -2.55. The van der Waals surface area contributed by atoms with Gasteiger partial charge in [0.25, 0.3) is 0 Å². The maximum atomic E-state index is 11.8. The summed E-state index contributed by atoms with van der Waals surface area (Å²) >= 11 is 0. The molecule has 1 fully saturated rings. The number of benzene rings is 1. The molecule has 2 bridgehead atoms. The predicted molar refractivity (Wildman–Crippen MR) is 60.4 cm³/mol. The van der Waals surface area contributed by atoms with E-state index in [4.69, 9.17) is 0 Å². The van der Waals surface area contributed by atoms with Crippen LogP contribution in [0.3, 0.4) is 0 Å². The van der Waals surface area contributed by atoms with E-state index in [2.05, 4.69) is 5.32 Å². The first-order chi connectivity index (χ1) is 8.04. The lowest BCUT2D eigenvalue weighted by atomic mass is 9.61. The van der Waals surface area contributed by atoms with Crippen LogP contribution < -0.4 is 5.32 Å². The molecule has 3 aliphatic rings. The third-order valence-electron chi connectivity index (χ3n) is 4.04. The van der Waals surface area contributed by atoms with Gasteiger partial charge in [0.1, 0.15) is 0 Å². The number of carboxylic acid groups (broad SMARTS) is 1. The summed E-state index contributed by atoms with van der Waals surface area (Å²) in [6.07, 6.45) is 0.385. The van der Waals surface area contributed by atoms with Crippen LogP contribution in [-0.4, -0.2) is 17.0 Å². The van der Waals surface area contributed by atoms with Gasteiger partial charge in [-0.15, -0.1) is 0 Å². The van der Waals surface area contributed by atoms with Gasteiger partial charge in [0.2, 0.25) is 5.91 Å². The molecule has 1 amide bonds. The van der Waals surface area contributed by atoms with Crippen LogP contribution in [0.2, 0.25) is 0 Å². The SMILES string of the molecule is CC1(C(=O)O)CC2C(=O)NC1c1ccccc12. The van der Waals surface area contributed by atoms with Gasteiger partial charge in [-0.3, -0.25) is 9.59 Å². The second kappa shape index (κ2) is 3.09. The van der Waals surface area contributed by atoms with E-state index in [1.807, 2.05) is 24.3 Å². The molecule has 2 N–H and O–H groups in total. The number of fused-ring (bicyclic) bond motifs is 2. The molecule has 88 valence electrons. The van der Waals surface area contributed by atoms with Crippen molar-refractivity contribution in [1.29, 1.82) is 0 Å².